The number of hydrogen-bond acceptors (Lipinski definition) is 4. The number of hydrazone groups is 1. The van der Waals surface area contributed by atoms with Gasteiger partial charge in [0.25, 0.3) is 5.91 Å². The summed E-state index contributed by atoms with van der Waals surface area (Å²) in [7, 11) is -3.99. The van der Waals surface area contributed by atoms with E-state index in [1.54, 1.807) is 19.9 Å². The van der Waals surface area contributed by atoms with Gasteiger partial charge in [0, 0.05) is 6.54 Å². The van der Waals surface area contributed by atoms with Gasteiger partial charge in [0.2, 0.25) is 10.0 Å². The molecule has 0 saturated carbocycles. The maximum absolute atomic E-state index is 13.7. The lowest BCUT2D eigenvalue weighted by molar-refractivity contribution is -0.121. The minimum atomic E-state index is -3.99. The van der Waals surface area contributed by atoms with Crippen molar-refractivity contribution in [3.63, 3.8) is 0 Å². The molecule has 0 radical (unpaired) electrons. The summed E-state index contributed by atoms with van der Waals surface area (Å²) in [6, 6.07) is 16.8. The zero-order valence-electron chi connectivity index (χ0n) is 19.7. The minimum absolute atomic E-state index is 0.0242. The predicted molar refractivity (Wildman–Crippen MR) is 132 cm³/mol. The first kappa shape index (κ1) is 25.3. The lowest BCUT2D eigenvalue weighted by Crippen LogP contribution is -2.39. The number of hydrogen-bond donors (Lipinski definition) is 1. The smallest absolute Gasteiger partial charge is 0.255 e. The van der Waals surface area contributed by atoms with Gasteiger partial charge in [-0.1, -0.05) is 59.7 Å². The van der Waals surface area contributed by atoms with E-state index in [1.165, 1.54) is 24.4 Å². The number of sulfonamides is 1. The van der Waals surface area contributed by atoms with Crippen LogP contribution in [-0.2, 0) is 21.4 Å². The molecule has 0 aliphatic carbocycles. The fraction of sp³-hybridized carbons (Fsp3) is 0.231. The SMILES string of the molecule is Cc1ccc(CN(CC(=O)NN=Cc2cccc(F)c2)S(=O)(=O)c2c(C)cc(C)cc2C)cc1. The molecule has 0 aliphatic rings. The van der Waals surface area contributed by atoms with Crippen LogP contribution >= 0.6 is 0 Å². The van der Waals surface area contributed by atoms with Crippen LogP contribution in [0.3, 0.4) is 0 Å². The second kappa shape index (κ2) is 10.7. The van der Waals surface area contributed by atoms with Crippen molar-refractivity contribution in [3.05, 3.63) is 99.9 Å². The van der Waals surface area contributed by atoms with Crippen LogP contribution in [0.15, 0.2) is 70.7 Å². The third-order valence-electron chi connectivity index (χ3n) is 5.25. The van der Waals surface area contributed by atoms with Crippen LogP contribution < -0.4 is 5.43 Å². The molecule has 178 valence electrons. The normalized spacial score (nSPS) is 11.8. The number of rotatable bonds is 8. The van der Waals surface area contributed by atoms with Crippen LogP contribution in [0.5, 0.6) is 0 Å². The predicted octanol–water partition coefficient (Wildman–Crippen LogP) is 4.40. The lowest BCUT2D eigenvalue weighted by Gasteiger charge is -2.24. The zero-order chi connectivity index (χ0) is 24.9. The molecular formula is C26H28FN3O3S. The van der Waals surface area contributed by atoms with Crippen LogP contribution in [0.25, 0.3) is 0 Å². The Hall–Kier alpha value is -3.36. The second-order valence-corrected chi connectivity index (χ2v) is 10.2. The molecule has 0 spiro atoms. The van der Waals surface area contributed by atoms with Crippen LogP contribution in [0.1, 0.15) is 33.4 Å². The Labute approximate surface area is 200 Å². The molecule has 8 heteroatoms. The van der Waals surface area contributed by atoms with Crippen molar-refractivity contribution in [1.29, 1.82) is 0 Å². The van der Waals surface area contributed by atoms with Gasteiger partial charge >= 0.3 is 0 Å². The van der Waals surface area contributed by atoms with Crippen molar-refractivity contribution >= 4 is 22.1 Å². The van der Waals surface area contributed by atoms with E-state index in [2.05, 4.69) is 10.5 Å². The number of amides is 1. The average Bonchev–Trinajstić information content (AvgIpc) is 2.74. The summed E-state index contributed by atoms with van der Waals surface area (Å²) in [4.78, 5) is 12.8. The first-order chi connectivity index (χ1) is 16.1. The summed E-state index contributed by atoms with van der Waals surface area (Å²) in [5, 5.41) is 3.84. The molecule has 0 aromatic heterocycles. The Balaban J connectivity index is 1.87. The van der Waals surface area contributed by atoms with Gasteiger partial charge in [0.15, 0.2) is 0 Å². The highest BCUT2D eigenvalue weighted by molar-refractivity contribution is 7.89. The summed E-state index contributed by atoms with van der Waals surface area (Å²) >= 11 is 0. The van der Waals surface area contributed by atoms with Crippen LogP contribution in [0, 0.1) is 33.5 Å². The number of halogens is 1. The van der Waals surface area contributed by atoms with Crippen LogP contribution in [-0.4, -0.2) is 31.4 Å². The van der Waals surface area contributed by atoms with Crippen molar-refractivity contribution in [1.82, 2.24) is 9.73 Å². The number of carbonyl (C=O) groups excluding carboxylic acids is 1. The van der Waals surface area contributed by atoms with Gasteiger partial charge in [0.1, 0.15) is 5.82 Å². The Morgan fingerprint density at radius 2 is 1.62 bits per heavy atom. The molecule has 3 aromatic rings. The van der Waals surface area contributed by atoms with E-state index >= 15 is 0 Å². The molecule has 0 saturated heterocycles. The van der Waals surface area contributed by atoms with Gasteiger partial charge in [-0.25, -0.2) is 18.2 Å². The van der Waals surface area contributed by atoms with Crippen LogP contribution in [0.2, 0.25) is 0 Å². The summed E-state index contributed by atoms with van der Waals surface area (Å²) in [5.74, 6) is -1.03. The van der Waals surface area contributed by atoms with E-state index in [4.69, 9.17) is 0 Å². The molecule has 0 unspecified atom stereocenters. The van der Waals surface area contributed by atoms with Gasteiger partial charge in [-0.2, -0.15) is 9.41 Å². The molecule has 3 aromatic carbocycles. The zero-order valence-corrected chi connectivity index (χ0v) is 20.5. The molecule has 0 fully saturated rings. The molecule has 0 aliphatic heterocycles. The van der Waals surface area contributed by atoms with E-state index in [-0.39, 0.29) is 11.4 Å². The van der Waals surface area contributed by atoms with E-state index in [9.17, 15) is 17.6 Å². The lowest BCUT2D eigenvalue weighted by atomic mass is 10.1. The number of carbonyl (C=O) groups is 1. The number of aryl methyl sites for hydroxylation is 4. The Bertz CT molecular complexity index is 1300. The van der Waals surface area contributed by atoms with E-state index in [0.717, 1.165) is 21.0 Å². The van der Waals surface area contributed by atoms with Gasteiger partial charge in [-0.15, -0.1) is 0 Å². The second-order valence-electron chi connectivity index (χ2n) is 8.33. The maximum atomic E-state index is 13.7. The number of nitrogens with one attached hydrogen (secondary N) is 1. The topological polar surface area (TPSA) is 78.8 Å². The summed E-state index contributed by atoms with van der Waals surface area (Å²) in [6.45, 7) is 6.95. The van der Waals surface area contributed by atoms with Gasteiger partial charge in [-0.3, -0.25) is 4.79 Å². The monoisotopic (exact) mass is 481 g/mol. The van der Waals surface area contributed by atoms with E-state index in [0.29, 0.717) is 16.7 Å². The highest BCUT2D eigenvalue weighted by Gasteiger charge is 2.30. The summed E-state index contributed by atoms with van der Waals surface area (Å²) in [6.07, 6.45) is 1.30. The quantitative estimate of drug-likeness (QED) is 0.383. The molecule has 1 amide bonds. The van der Waals surface area contributed by atoms with E-state index < -0.39 is 28.3 Å². The molecule has 0 atom stereocenters. The molecule has 34 heavy (non-hydrogen) atoms. The molecule has 1 N–H and O–H groups in total. The Morgan fingerprint density at radius 1 is 0.971 bits per heavy atom. The average molecular weight is 482 g/mol. The Kier molecular flexibility index (Phi) is 7.96. The molecule has 0 heterocycles. The fourth-order valence-corrected chi connectivity index (χ4v) is 5.58. The Morgan fingerprint density at radius 3 is 2.24 bits per heavy atom. The summed E-state index contributed by atoms with van der Waals surface area (Å²) in [5.41, 5.74) is 6.82. The molecule has 6 nitrogen and oxygen atoms in total. The first-order valence-electron chi connectivity index (χ1n) is 10.8. The number of nitrogens with zero attached hydrogens (tertiary/aromatic N) is 2. The van der Waals surface area contributed by atoms with Crippen molar-refractivity contribution in [2.75, 3.05) is 6.54 Å². The maximum Gasteiger partial charge on any atom is 0.255 e. The third-order valence-corrected chi connectivity index (χ3v) is 7.35. The van der Waals surface area contributed by atoms with Crippen molar-refractivity contribution in [3.8, 4) is 0 Å². The summed E-state index contributed by atoms with van der Waals surface area (Å²) < 4.78 is 41.8. The van der Waals surface area contributed by atoms with Gasteiger partial charge in [-0.05, 0) is 62.1 Å². The van der Waals surface area contributed by atoms with Crippen molar-refractivity contribution < 1.29 is 17.6 Å². The van der Waals surface area contributed by atoms with Crippen molar-refractivity contribution in [2.24, 2.45) is 5.10 Å². The molecule has 0 bridgehead atoms. The highest BCUT2D eigenvalue weighted by Crippen LogP contribution is 2.26. The third kappa shape index (κ3) is 6.36. The molecular weight excluding hydrogens is 453 g/mol. The standard InChI is InChI=1S/C26H28FN3O3S/c1-18-8-10-22(11-9-18)16-30(34(32,33)26-20(3)12-19(2)13-21(26)4)17-25(31)29-28-15-23-6-5-7-24(27)14-23/h5-15H,16-17H2,1-4H3,(H,29,31). The molecule has 3 rings (SSSR count). The van der Waals surface area contributed by atoms with Crippen molar-refractivity contribution in [2.45, 2.75) is 39.1 Å². The first-order valence-corrected chi connectivity index (χ1v) is 12.2. The largest absolute Gasteiger partial charge is 0.272 e. The van der Waals surface area contributed by atoms with Crippen LogP contribution in [0.4, 0.5) is 4.39 Å². The van der Waals surface area contributed by atoms with Gasteiger partial charge < -0.3 is 0 Å². The van der Waals surface area contributed by atoms with Gasteiger partial charge in [0.05, 0.1) is 17.7 Å². The minimum Gasteiger partial charge on any atom is -0.272 e. The number of benzene rings is 3. The highest BCUT2D eigenvalue weighted by atomic mass is 32.2. The van der Waals surface area contributed by atoms with E-state index in [1.807, 2.05) is 50.2 Å². The fourth-order valence-electron chi connectivity index (χ4n) is 3.79.